The summed E-state index contributed by atoms with van der Waals surface area (Å²) in [5.74, 6) is 1.42. The molecule has 1 saturated carbocycles. The number of nitrogens with one attached hydrogen (secondary N) is 2. The molecule has 3 amide bonds. The number of nitrogens with zero attached hydrogens (tertiary/aromatic N) is 1. The summed E-state index contributed by atoms with van der Waals surface area (Å²) in [6.45, 7) is 6.08. The minimum atomic E-state index is -0.00604. The van der Waals surface area contributed by atoms with Crippen LogP contribution in [0.5, 0.6) is 0 Å². The molecule has 3 aliphatic rings. The van der Waals surface area contributed by atoms with E-state index in [9.17, 15) is 9.59 Å². The summed E-state index contributed by atoms with van der Waals surface area (Å²) in [5, 5.41) is 6.32. The van der Waals surface area contributed by atoms with Gasteiger partial charge in [0.1, 0.15) is 0 Å². The van der Waals surface area contributed by atoms with Crippen molar-refractivity contribution in [2.24, 2.45) is 11.8 Å². The van der Waals surface area contributed by atoms with Crippen molar-refractivity contribution in [3.8, 4) is 0 Å². The van der Waals surface area contributed by atoms with Crippen molar-refractivity contribution in [2.75, 3.05) is 13.1 Å². The standard InChI is InChI=1S/C21H37N3O2/c1-3-5-14-22-20(26)23-18-11-13-21-12-7-15-24(21)19(25)10-6-9-17(21)16(18)8-4-2/h16-18H,3-15H2,1-2H3,(H2,22,23,26)/t16-,17+,18+,21-/m1/s1. The first kappa shape index (κ1) is 19.5. The maximum atomic E-state index is 12.7. The molecule has 4 atom stereocenters. The number of amides is 3. The average Bonchev–Trinajstić information content (AvgIpc) is 2.99. The van der Waals surface area contributed by atoms with Crippen LogP contribution >= 0.6 is 0 Å². The Bertz CT molecular complexity index is 509. The monoisotopic (exact) mass is 363 g/mol. The van der Waals surface area contributed by atoms with Crippen LogP contribution in [0.15, 0.2) is 0 Å². The smallest absolute Gasteiger partial charge is 0.315 e. The first-order valence-electron chi connectivity index (χ1n) is 11.0. The number of carbonyl (C=O) groups excluding carboxylic acids is 2. The second-order valence-corrected chi connectivity index (χ2v) is 8.60. The van der Waals surface area contributed by atoms with Gasteiger partial charge in [0.05, 0.1) is 0 Å². The summed E-state index contributed by atoms with van der Waals surface area (Å²) < 4.78 is 0. The first-order valence-corrected chi connectivity index (χ1v) is 11.0. The van der Waals surface area contributed by atoms with Crippen molar-refractivity contribution in [3.05, 3.63) is 0 Å². The van der Waals surface area contributed by atoms with E-state index >= 15 is 0 Å². The molecular weight excluding hydrogens is 326 g/mol. The minimum absolute atomic E-state index is 0.00604. The Hall–Kier alpha value is -1.26. The number of unbranched alkanes of at least 4 members (excludes halogenated alkanes) is 1. The van der Waals surface area contributed by atoms with Crippen molar-refractivity contribution in [3.63, 3.8) is 0 Å². The van der Waals surface area contributed by atoms with Crippen LogP contribution in [0.4, 0.5) is 4.79 Å². The fraction of sp³-hybridized carbons (Fsp3) is 0.905. The molecule has 0 radical (unpaired) electrons. The third kappa shape index (κ3) is 3.72. The molecule has 26 heavy (non-hydrogen) atoms. The van der Waals surface area contributed by atoms with Crippen LogP contribution in [0.2, 0.25) is 0 Å². The molecule has 0 unspecified atom stereocenters. The maximum Gasteiger partial charge on any atom is 0.315 e. The Labute approximate surface area is 158 Å². The fourth-order valence-electron chi connectivity index (χ4n) is 6.01. The quantitative estimate of drug-likeness (QED) is 0.705. The van der Waals surface area contributed by atoms with Gasteiger partial charge in [0.2, 0.25) is 5.91 Å². The van der Waals surface area contributed by atoms with E-state index in [-0.39, 0.29) is 17.6 Å². The molecule has 1 aliphatic carbocycles. The van der Waals surface area contributed by atoms with Gasteiger partial charge in [-0.05, 0) is 63.2 Å². The van der Waals surface area contributed by atoms with Crippen LogP contribution in [0.3, 0.4) is 0 Å². The van der Waals surface area contributed by atoms with Crippen LogP contribution in [-0.4, -0.2) is 41.5 Å². The summed E-state index contributed by atoms with van der Waals surface area (Å²) in [6, 6.07) is 0.247. The van der Waals surface area contributed by atoms with Crippen molar-refractivity contribution < 1.29 is 9.59 Å². The lowest BCUT2D eigenvalue weighted by Crippen LogP contribution is -2.61. The zero-order valence-electron chi connectivity index (χ0n) is 16.7. The van der Waals surface area contributed by atoms with E-state index < -0.39 is 0 Å². The van der Waals surface area contributed by atoms with Crippen molar-refractivity contribution >= 4 is 11.9 Å². The molecule has 2 aliphatic heterocycles. The zero-order chi connectivity index (χ0) is 18.6. The minimum Gasteiger partial charge on any atom is -0.338 e. The molecule has 3 fully saturated rings. The Balaban J connectivity index is 1.74. The van der Waals surface area contributed by atoms with E-state index in [0.29, 0.717) is 24.2 Å². The topological polar surface area (TPSA) is 61.4 Å². The Morgan fingerprint density at radius 1 is 1.19 bits per heavy atom. The summed E-state index contributed by atoms with van der Waals surface area (Å²) >= 11 is 0. The van der Waals surface area contributed by atoms with E-state index in [1.807, 2.05) is 0 Å². The largest absolute Gasteiger partial charge is 0.338 e. The molecule has 148 valence electrons. The molecular formula is C21H37N3O2. The van der Waals surface area contributed by atoms with Crippen LogP contribution in [-0.2, 0) is 4.79 Å². The van der Waals surface area contributed by atoms with Crippen LogP contribution in [0.25, 0.3) is 0 Å². The normalized spacial score (nSPS) is 34.0. The van der Waals surface area contributed by atoms with Gasteiger partial charge in [-0.2, -0.15) is 0 Å². The lowest BCUT2D eigenvalue weighted by atomic mass is 9.61. The molecule has 5 nitrogen and oxygen atoms in total. The Morgan fingerprint density at radius 3 is 2.81 bits per heavy atom. The van der Waals surface area contributed by atoms with E-state index in [0.717, 1.165) is 70.9 Å². The third-order valence-corrected chi connectivity index (χ3v) is 7.10. The van der Waals surface area contributed by atoms with Gasteiger partial charge in [0, 0.05) is 31.1 Å². The van der Waals surface area contributed by atoms with Gasteiger partial charge in [-0.3, -0.25) is 4.79 Å². The predicted octanol–water partition coefficient (Wildman–Crippen LogP) is 3.83. The van der Waals surface area contributed by atoms with E-state index in [2.05, 4.69) is 29.4 Å². The average molecular weight is 364 g/mol. The lowest BCUT2D eigenvalue weighted by Gasteiger charge is -2.53. The van der Waals surface area contributed by atoms with E-state index in [1.54, 1.807) is 0 Å². The van der Waals surface area contributed by atoms with Crippen LogP contribution in [0, 0.1) is 11.8 Å². The maximum absolute atomic E-state index is 12.7. The molecule has 0 bridgehead atoms. The highest BCUT2D eigenvalue weighted by atomic mass is 16.2. The highest BCUT2D eigenvalue weighted by molar-refractivity contribution is 5.78. The predicted molar refractivity (Wildman–Crippen MR) is 104 cm³/mol. The number of hydrogen-bond donors (Lipinski definition) is 2. The molecule has 2 saturated heterocycles. The van der Waals surface area contributed by atoms with Gasteiger partial charge < -0.3 is 15.5 Å². The molecule has 1 spiro atoms. The van der Waals surface area contributed by atoms with Gasteiger partial charge in [0.15, 0.2) is 0 Å². The molecule has 2 N–H and O–H groups in total. The van der Waals surface area contributed by atoms with Gasteiger partial charge in [-0.1, -0.05) is 26.7 Å². The Morgan fingerprint density at radius 2 is 2.04 bits per heavy atom. The first-order chi connectivity index (χ1) is 12.6. The van der Waals surface area contributed by atoms with Crippen molar-refractivity contribution in [1.82, 2.24) is 15.5 Å². The van der Waals surface area contributed by atoms with Crippen molar-refractivity contribution in [1.29, 1.82) is 0 Å². The summed E-state index contributed by atoms with van der Waals surface area (Å²) in [6.07, 6.45) is 11.7. The zero-order valence-corrected chi connectivity index (χ0v) is 16.7. The van der Waals surface area contributed by atoms with Crippen LogP contribution in [0.1, 0.15) is 84.5 Å². The molecule has 5 heteroatoms. The number of carbonyl (C=O) groups is 2. The number of rotatable bonds is 6. The number of hydrogen-bond acceptors (Lipinski definition) is 2. The summed E-state index contributed by atoms with van der Waals surface area (Å²) in [7, 11) is 0. The Kier molecular flexibility index (Phi) is 6.46. The SMILES string of the molecule is CCCCNC(=O)N[C@H]1CC[C@@]23CCCN2C(=O)CCC[C@H]3[C@H]1CCC. The second-order valence-electron chi connectivity index (χ2n) is 8.60. The fourth-order valence-corrected chi connectivity index (χ4v) is 6.01. The highest BCUT2D eigenvalue weighted by Crippen LogP contribution is 2.52. The van der Waals surface area contributed by atoms with E-state index in [1.165, 1.54) is 6.42 Å². The van der Waals surface area contributed by atoms with Gasteiger partial charge in [-0.15, -0.1) is 0 Å². The molecule has 0 aromatic rings. The molecule has 2 heterocycles. The van der Waals surface area contributed by atoms with E-state index in [4.69, 9.17) is 0 Å². The van der Waals surface area contributed by atoms with Gasteiger partial charge in [0.25, 0.3) is 0 Å². The number of urea groups is 1. The molecule has 0 aromatic carbocycles. The highest BCUT2D eigenvalue weighted by Gasteiger charge is 2.55. The lowest BCUT2D eigenvalue weighted by molar-refractivity contribution is -0.138. The third-order valence-electron chi connectivity index (χ3n) is 7.10. The summed E-state index contributed by atoms with van der Waals surface area (Å²) in [5.41, 5.74) is 0.0876. The van der Waals surface area contributed by atoms with Crippen molar-refractivity contribution in [2.45, 2.75) is 96.1 Å². The molecule has 0 aromatic heterocycles. The summed E-state index contributed by atoms with van der Waals surface area (Å²) in [4.78, 5) is 27.3. The van der Waals surface area contributed by atoms with Crippen LogP contribution < -0.4 is 10.6 Å². The second kappa shape index (κ2) is 8.62. The van der Waals surface area contributed by atoms with Gasteiger partial charge in [-0.25, -0.2) is 4.79 Å². The molecule has 3 rings (SSSR count). The van der Waals surface area contributed by atoms with Gasteiger partial charge >= 0.3 is 6.03 Å².